The summed E-state index contributed by atoms with van der Waals surface area (Å²) in [4.78, 5) is 14.9. The van der Waals surface area contributed by atoms with Crippen LogP contribution in [0.5, 0.6) is 0 Å². The lowest BCUT2D eigenvalue weighted by atomic mass is 10.2. The largest absolute Gasteiger partial charge is 0.481 e. The molecule has 20 heavy (non-hydrogen) atoms. The van der Waals surface area contributed by atoms with E-state index >= 15 is 0 Å². The molecular weight excluding hydrogens is 286 g/mol. The number of sulfonamides is 1. The second kappa shape index (κ2) is 5.51. The van der Waals surface area contributed by atoms with Gasteiger partial charge in [0.05, 0.1) is 25.7 Å². The van der Waals surface area contributed by atoms with Gasteiger partial charge in [0, 0.05) is 19.8 Å². The standard InChI is InChI=1S/C11H17N3O5S/c1-8-12-10(6-13(8)2)20(17,18)14-3-4-19-7-9(14)5-11(15)16/h6,9H,3-5,7H2,1-2H3,(H,15,16). The number of nitrogens with zero attached hydrogens (tertiary/aromatic N) is 3. The van der Waals surface area contributed by atoms with E-state index in [1.54, 1.807) is 18.5 Å². The van der Waals surface area contributed by atoms with Gasteiger partial charge in [0.1, 0.15) is 5.82 Å². The van der Waals surface area contributed by atoms with Crippen LogP contribution < -0.4 is 0 Å². The molecule has 2 heterocycles. The minimum Gasteiger partial charge on any atom is -0.481 e. The van der Waals surface area contributed by atoms with Gasteiger partial charge in [-0.15, -0.1) is 0 Å². The van der Waals surface area contributed by atoms with E-state index < -0.39 is 22.0 Å². The summed E-state index contributed by atoms with van der Waals surface area (Å²) in [6, 6.07) is -0.700. The number of ether oxygens (including phenoxy) is 1. The average molecular weight is 303 g/mol. The van der Waals surface area contributed by atoms with Crippen LogP contribution in [0, 0.1) is 6.92 Å². The van der Waals surface area contributed by atoms with Crippen LogP contribution in [0.25, 0.3) is 0 Å². The third-order valence-corrected chi connectivity index (χ3v) is 5.07. The molecule has 9 heteroatoms. The molecule has 1 atom stereocenters. The number of carbonyl (C=O) groups is 1. The number of morpholine rings is 1. The highest BCUT2D eigenvalue weighted by Crippen LogP contribution is 2.21. The molecule has 1 aliphatic heterocycles. The number of rotatable bonds is 4. The Kier molecular flexibility index (Phi) is 4.11. The SMILES string of the molecule is Cc1nc(S(=O)(=O)N2CCOCC2CC(=O)O)cn1C. The van der Waals surface area contributed by atoms with Crippen LogP contribution in [0.1, 0.15) is 12.2 Å². The van der Waals surface area contributed by atoms with E-state index in [-0.39, 0.29) is 31.2 Å². The number of aryl methyl sites for hydroxylation is 2. The lowest BCUT2D eigenvalue weighted by molar-refractivity contribution is -0.139. The number of aromatic nitrogens is 2. The monoisotopic (exact) mass is 303 g/mol. The fourth-order valence-electron chi connectivity index (χ4n) is 2.09. The summed E-state index contributed by atoms with van der Waals surface area (Å²) in [7, 11) is -2.10. The topological polar surface area (TPSA) is 102 Å². The second-order valence-electron chi connectivity index (χ2n) is 4.68. The molecule has 1 aliphatic rings. The molecule has 0 radical (unpaired) electrons. The van der Waals surface area contributed by atoms with Crippen molar-refractivity contribution >= 4 is 16.0 Å². The average Bonchev–Trinajstić information content (AvgIpc) is 2.70. The van der Waals surface area contributed by atoms with Gasteiger partial charge in [-0.2, -0.15) is 4.31 Å². The zero-order valence-electron chi connectivity index (χ0n) is 11.3. The molecule has 0 amide bonds. The van der Waals surface area contributed by atoms with Gasteiger partial charge in [-0.1, -0.05) is 0 Å². The number of hydrogen-bond donors (Lipinski definition) is 1. The molecule has 1 aromatic heterocycles. The number of carboxylic acids is 1. The Hall–Kier alpha value is -1.45. The molecule has 112 valence electrons. The van der Waals surface area contributed by atoms with E-state index in [9.17, 15) is 13.2 Å². The van der Waals surface area contributed by atoms with Crippen LogP contribution >= 0.6 is 0 Å². The van der Waals surface area contributed by atoms with E-state index in [4.69, 9.17) is 9.84 Å². The van der Waals surface area contributed by atoms with E-state index in [2.05, 4.69) is 4.98 Å². The van der Waals surface area contributed by atoms with Crippen molar-refractivity contribution < 1.29 is 23.1 Å². The summed E-state index contributed by atoms with van der Waals surface area (Å²) in [6.07, 6.45) is 1.14. The van der Waals surface area contributed by atoms with Crippen molar-refractivity contribution in [3.8, 4) is 0 Å². The maximum atomic E-state index is 12.5. The summed E-state index contributed by atoms with van der Waals surface area (Å²) in [5, 5.41) is 8.81. The number of carboxylic acid groups (broad SMARTS) is 1. The molecule has 0 bridgehead atoms. The smallest absolute Gasteiger partial charge is 0.305 e. The zero-order chi connectivity index (χ0) is 14.9. The van der Waals surface area contributed by atoms with Crippen molar-refractivity contribution in [2.24, 2.45) is 7.05 Å². The minimum absolute atomic E-state index is 0.0604. The highest BCUT2D eigenvalue weighted by Gasteiger charge is 2.36. The van der Waals surface area contributed by atoms with Gasteiger partial charge in [-0.05, 0) is 6.92 Å². The number of imidazole rings is 1. The van der Waals surface area contributed by atoms with Crippen LogP contribution in [-0.2, 0) is 26.6 Å². The highest BCUT2D eigenvalue weighted by atomic mass is 32.2. The van der Waals surface area contributed by atoms with E-state index in [1.165, 1.54) is 10.5 Å². The molecule has 8 nitrogen and oxygen atoms in total. The van der Waals surface area contributed by atoms with E-state index in [0.717, 1.165) is 0 Å². The molecule has 0 saturated carbocycles. The first-order valence-corrected chi connectivity index (χ1v) is 7.57. The summed E-state index contributed by atoms with van der Waals surface area (Å²) in [6.45, 7) is 2.17. The second-order valence-corrected chi connectivity index (χ2v) is 6.52. The van der Waals surface area contributed by atoms with Gasteiger partial charge in [0.2, 0.25) is 0 Å². The summed E-state index contributed by atoms with van der Waals surface area (Å²) in [5.74, 6) is -0.482. The first-order chi connectivity index (χ1) is 9.32. The molecule has 1 saturated heterocycles. The number of aliphatic carboxylic acids is 1. The van der Waals surface area contributed by atoms with Gasteiger partial charge in [-0.25, -0.2) is 13.4 Å². The Balaban J connectivity index is 2.32. The predicted molar refractivity (Wildman–Crippen MR) is 68.7 cm³/mol. The third kappa shape index (κ3) is 2.84. The van der Waals surface area contributed by atoms with E-state index in [0.29, 0.717) is 5.82 Å². The van der Waals surface area contributed by atoms with Crippen molar-refractivity contribution in [2.75, 3.05) is 19.8 Å². The number of hydrogen-bond acceptors (Lipinski definition) is 5. The highest BCUT2D eigenvalue weighted by molar-refractivity contribution is 7.89. The molecule has 2 rings (SSSR count). The molecule has 1 aromatic rings. The van der Waals surface area contributed by atoms with Gasteiger partial charge in [-0.3, -0.25) is 4.79 Å². The Labute approximate surface area is 117 Å². The summed E-state index contributed by atoms with van der Waals surface area (Å²) >= 11 is 0. The molecule has 1 fully saturated rings. The van der Waals surface area contributed by atoms with Crippen LogP contribution in [-0.4, -0.2) is 59.2 Å². The molecule has 0 aliphatic carbocycles. The van der Waals surface area contributed by atoms with Crippen LogP contribution in [0.4, 0.5) is 0 Å². The Morgan fingerprint density at radius 2 is 2.30 bits per heavy atom. The van der Waals surface area contributed by atoms with Gasteiger partial charge in [0.15, 0.2) is 5.03 Å². The lowest BCUT2D eigenvalue weighted by Crippen LogP contribution is -2.49. The van der Waals surface area contributed by atoms with Gasteiger partial charge < -0.3 is 14.4 Å². The quantitative estimate of drug-likeness (QED) is 0.811. The molecule has 0 spiro atoms. The fourth-order valence-corrected chi connectivity index (χ4v) is 3.71. The fraction of sp³-hybridized carbons (Fsp3) is 0.636. The van der Waals surface area contributed by atoms with Crippen molar-refractivity contribution in [3.05, 3.63) is 12.0 Å². The van der Waals surface area contributed by atoms with Crippen LogP contribution in [0.2, 0.25) is 0 Å². The maximum absolute atomic E-state index is 12.5. The minimum atomic E-state index is -3.80. The first kappa shape index (κ1) is 14.9. The lowest BCUT2D eigenvalue weighted by Gasteiger charge is -2.33. The Morgan fingerprint density at radius 1 is 1.60 bits per heavy atom. The zero-order valence-corrected chi connectivity index (χ0v) is 12.1. The molecule has 0 aromatic carbocycles. The van der Waals surface area contributed by atoms with Crippen molar-refractivity contribution in [3.63, 3.8) is 0 Å². The predicted octanol–water partition coefficient (Wildman–Crippen LogP) is -0.407. The summed E-state index contributed by atoms with van der Waals surface area (Å²) in [5.41, 5.74) is 0. The Morgan fingerprint density at radius 3 is 2.85 bits per heavy atom. The van der Waals surface area contributed by atoms with Gasteiger partial charge in [0.25, 0.3) is 10.0 Å². The van der Waals surface area contributed by atoms with Crippen LogP contribution in [0.3, 0.4) is 0 Å². The maximum Gasteiger partial charge on any atom is 0.305 e. The van der Waals surface area contributed by atoms with Gasteiger partial charge >= 0.3 is 5.97 Å². The molecule has 1 N–H and O–H groups in total. The summed E-state index contributed by atoms with van der Waals surface area (Å²) < 4.78 is 33.1. The third-order valence-electron chi connectivity index (χ3n) is 3.24. The normalized spacial score (nSPS) is 21.0. The van der Waals surface area contributed by atoms with Crippen LogP contribution in [0.15, 0.2) is 11.2 Å². The van der Waals surface area contributed by atoms with Crippen molar-refractivity contribution in [1.29, 1.82) is 0 Å². The molecular formula is C11H17N3O5S. The Bertz CT molecular complexity index is 590. The first-order valence-electron chi connectivity index (χ1n) is 6.13. The van der Waals surface area contributed by atoms with Crippen molar-refractivity contribution in [1.82, 2.24) is 13.9 Å². The van der Waals surface area contributed by atoms with E-state index in [1.807, 2.05) is 0 Å². The van der Waals surface area contributed by atoms with Crippen molar-refractivity contribution in [2.45, 2.75) is 24.4 Å². The molecule has 1 unspecified atom stereocenters.